The monoisotopic (exact) mass is 435 g/mol. The maximum absolute atomic E-state index is 12.4. The zero-order chi connectivity index (χ0) is 22.7. The van der Waals surface area contributed by atoms with Gasteiger partial charge in [0, 0.05) is 29.7 Å². The van der Waals surface area contributed by atoms with E-state index < -0.39 is 24.4 Å². The fraction of sp³-hybridized carbons (Fsp3) is 0.652. The molecule has 2 saturated heterocycles. The fourth-order valence-corrected chi connectivity index (χ4v) is 4.04. The second kappa shape index (κ2) is 10.2. The summed E-state index contributed by atoms with van der Waals surface area (Å²) in [7, 11) is 1.51. The Morgan fingerprint density at radius 3 is 2.65 bits per heavy atom. The highest BCUT2D eigenvalue weighted by molar-refractivity contribution is 6.04. The van der Waals surface area contributed by atoms with E-state index in [1.165, 1.54) is 19.4 Å². The highest BCUT2D eigenvalue weighted by Gasteiger charge is 2.48. The van der Waals surface area contributed by atoms with Crippen LogP contribution in [-0.2, 0) is 9.47 Å². The first kappa shape index (κ1) is 23.8. The molecule has 3 N–H and O–H groups in total. The number of ether oxygens (including phenoxy) is 3. The standard InChI is InChI=1S/C23H33NO7/c1-12(7-17(26)15-5-6-20(29-4)24-10-15)8-18-22(28)21(27)16(11-30-18)9-19-23(31-19)13(2)14(3)25/h5-7,10,13-14,16,18-19,21-23,25,27-28H,8-9,11H2,1-4H3/b12-7+/t13-,14-,16-,18-,19-,21+,22-,23-/m0/s1. The number of pyridine rings is 1. The molecule has 172 valence electrons. The van der Waals surface area contributed by atoms with Gasteiger partial charge in [0.05, 0.1) is 44.2 Å². The Kier molecular flexibility index (Phi) is 7.82. The Bertz CT molecular complexity index is 779. The molecule has 0 bridgehead atoms. The van der Waals surface area contributed by atoms with Crippen LogP contribution in [0.2, 0.25) is 0 Å². The van der Waals surface area contributed by atoms with E-state index in [0.717, 1.165) is 5.57 Å². The lowest BCUT2D eigenvalue weighted by atomic mass is 9.85. The number of carbonyl (C=O) groups is 1. The lowest BCUT2D eigenvalue weighted by Gasteiger charge is -2.38. The van der Waals surface area contributed by atoms with E-state index >= 15 is 0 Å². The van der Waals surface area contributed by atoms with E-state index in [0.29, 0.717) is 30.9 Å². The topological polar surface area (TPSA) is 122 Å². The van der Waals surface area contributed by atoms with Crippen LogP contribution < -0.4 is 4.74 Å². The number of rotatable bonds is 9. The number of aliphatic hydroxyl groups is 3. The van der Waals surface area contributed by atoms with Crippen molar-refractivity contribution in [3.05, 3.63) is 35.5 Å². The zero-order valence-electron chi connectivity index (χ0n) is 18.5. The molecule has 0 saturated carbocycles. The quantitative estimate of drug-likeness (QED) is 0.303. The summed E-state index contributed by atoms with van der Waals surface area (Å²) < 4.78 is 16.5. The molecule has 2 fully saturated rings. The molecule has 0 aliphatic carbocycles. The molecule has 2 aliphatic heterocycles. The third kappa shape index (κ3) is 5.90. The lowest BCUT2D eigenvalue weighted by molar-refractivity contribution is -0.165. The average molecular weight is 436 g/mol. The Balaban J connectivity index is 1.51. The summed E-state index contributed by atoms with van der Waals surface area (Å²) >= 11 is 0. The Morgan fingerprint density at radius 2 is 2.03 bits per heavy atom. The molecule has 31 heavy (non-hydrogen) atoms. The van der Waals surface area contributed by atoms with Crippen molar-refractivity contribution in [2.45, 2.75) is 70.2 Å². The summed E-state index contributed by atoms with van der Waals surface area (Å²) in [5.41, 5.74) is 1.18. The summed E-state index contributed by atoms with van der Waals surface area (Å²) in [6.45, 7) is 5.78. The van der Waals surface area contributed by atoms with Gasteiger partial charge >= 0.3 is 0 Å². The van der Waals surface area contributed by atoms with Crippen molar-refractivity contribution in [2.75, 3.05) is 13.7 Å². The lowest BCUT2D eigenvalue weighted by Crippen LogP contribution is -2.50. The number of hydrogen-bond acceptors (Lipinski definition) is 8. The van der Waals surface area contributed by atoms with Gasteiger partial charge in [0.2, 0.25) is 5.88 Å². The predicted octanol–water partition coefficient (Wildman–Crippen LogP) is 1.52. The van der Waals surface area contributed by atoms with Gasteiger partial charge in [0.15, 0.2) is 5.78 Å². The minimum atomic E-state index is -1.05. The van der Waals surface area contributed by atoms with Crippen LogP contribution in [0.3, 0.4) is 0 Å². The van der Waals surface area contributed by atoms with Crippen molar-refractivity contribution in [3.63, 3.8) is 0 Å². The van der Waals surface area contributed by atoms with Crippen LogP contribution in [0.25, 0.3) is 0 Å². The summed E-state index contributed by atoms with van der Waals surface area (Å²) in [6, 6.07) is 3.26. The van der Waals surface area contributed by atoms with Gasteiger partial charge in [0.1, 0.15) is 6.10 Å². The molecule has 3 rings (SSSR count). The molecule has 0 spiro atoms. The van der Waals surface area contributed by atoms with Crippen LogP contribution in [0.1, 0.15) is 44.0 Å². The number of allylic oxidation sites excluding steroid dienone is 1. The minimum Gasteiger partial charge on any atom is -0.481 e. The number of carbonyl (C=O) groups excluding carboxylic acids is 1. The molecule has 8 heteroatoms. The normalized spacial score (nSPS) is 32.9. The van der Waals surface area contributed by atoms with Crippen molar-refractivity contribution in [3.8, 4) is 5.88 Å². The molecule has 8 atom stereocenters. The van der Waals surface area contributed by atoms with E-state index in [2.05, 4.69) is 4.98 Å². The second-order valence-electron chi connectivity index (χ2n) is 8.74. The Morgan fingerprint density at radius 1 is 1.29 bits per heavy atom. The molecular formula is C23H33NO7. The van der Waals surface area contributed by atoms with Crippen molar-refractivity contribution in [1.82, 2.24) is 4.98 Å². The van der Waals surface area contributed by atoms with E-state index in [1.54, 1.807) is 26.0 Å². The van der Waals surface area contributed by atoms with Gasteiger partial charge in [0.25, 0.3) is 0 Å². The van der Waals surface area contributed by atoms with Crippen LogP contribution in [0.5, 0.6) is 5.88 Å². The van der Waals surface area contributed by atoms with Crippen molar-refractivity contribution >= 4 is 5.78 Å². The maximum Gasteiger partial charge on any atom is 0.212 e. The van der Waals surface area contributed by atoms with Crippen molar-refractivity contribution < 1.29 is 34.3 Å². The highest BCUT2D eigenvalue weighted by Crippen LogP contribution is 2.38. The second-order valence-corrected chi connectivity index (χ2v) is 8.74. The molecule has 1 aromatic heterocycles. The SMILES string of the molecule is COc1ccc(C(=O)/C=C(\C)C[C@@H]2OC[C@H](C[C@@H]3O[C@H]3[C@@H](C)[C@H](C)O)[C@@H](O)[C@H]2O)cn1. The van der Waals surface area contributed by atoms with Gasteiger partial charge in [-0.1, -0.05) is 12.5 Å². The van der Waals surface area contributed by atoms with E-state index in [9.17, 15) is 20.1 Å². The number of methoxy groups -OCH3 is 1. The molecule has 0 radical (unpaired) electrons. The van der Waals surface area contributed by atoms with E-state index in [-0.39, 0.29) is 29.8 Å². The maximum atomic E-state index is 12.4. The number of aromatic nitrogens is 1. The van der Waals surface area contributed by atoms with E-state index in [1.807, 2.05) is 6.92 Å². The molecule has 3 heterocycles. The summed E-state index contributed by atoms with van der Waals surface area (Å²) in [4.78, 5) is 16.4. The van der Waals surface area contributed by atoms with Crippen molar-refractivity contribution in [2.24, 2.45) is 11.8 Å². The van der Waals surface area contributed by atoms with Crippen LogP contribution in [0, 0.1) is 11.8 Å². The average Bonchev–Trinajstić information content (AvgIpc) is 3.51. The predicted molar refractivity (Wildman–Crippen MR) is 113 cm³/mol. The van der Waals surface area contributed by atoms with Crippen LogP contribution in [-0.4, -0.2) is 76.4 Å². The molecular weight excluding hydrogens is 402 g/mol. The zero-order valence-corrected chi connectivity index (χ0v) is 18.5. The molecule has 1 aromatic rings. The number of hydrogen-bond donors (Lipinski definition) is 3. The minimum absolute atomic E-state index is 0.0225. The largest absolute Gasteiger partial charge is 0.481 e. The fourth-order valence-electron chi connectivity index (χ4n) is 4.04. The summed E-state index contributed by atoms with van der Waals surface area (Å²) in [6.07, 6.45) is 0.785. The summed E-state index contributed by atoms with van der Waals surface area (Å²) in [5.74, 6) is 0.0255. The van der Waals surface area contributed by atoms with E-state index in [4.69, 9.17) is 14.2 Å². The highest BCUT2D eigenvalue weighted by atomic mass is 16.6. The van der Waals surface area contributed by atoms with Gasteiger partial charge in [-0.2, -0.15) is 0 Å². The van der Waals surface area contributed by atoms with Crippen molar-refractivity contribution in [1.29, 1.82) is 0 Å². The molecule has 8 nitrogen and oxygen atoms in total. The van der Waals surface area contributed by atoms with Crippen LogP contribution >= 0.6 is 0 Å². The molecule has 2 aliphatic rings. The van der Waals surface area contributed by atoms with Gasteiger partial charge in [-0.3, -0.25) is 4.79 Å². The van der Waals surface area contributed by atoms with Gasteiger partial charge in [-0.05, 0) is 38.8 Å². The number of ketones is 1. The van der Waals surface area contributed by atoms with Crippen LogP contribution in [0.15, 0.2) is 30.0 Å². The Labute approximate surface area is 182 Å². The molecule has 0 aromatic carbocycles. The third-order valence-corrected chi connectivity index (χ3v) is 6.30. The number of aliphatic hydroxyl groups excluding tert-OH is 3. The Hall–Kier alpha value is -1.84. The number of epoxide rings is 1. The first-order valence-corrected chi connectivity index (χ1v) is 10.7. The molecule has 0 unspecified atom stereocenters. The van der Waals surface area contributed by atoms with Crippen LogP contribution in [0.4, 0.5) is 0 Å². The van der Waals surface area contributed by atoms with Gasteiger partial charge in [-0.15, -0.1) is 0 Å². The van der Waals surface area contributed by atoms with Gasteiger partial charge < -0.3 is 29.5 Å². The number of nitrogens with zero attached hydrogens (tertiary/aromatic N) is 1. The first-order chi connectivity index (χ1) is 14.7. The summed E-state index contributed by atoms with van der Waals surface area (Å²) in [5, 5.41) is 30.9. The first-order valence-electron chi connectivity index (χ1n) is 10.7. The third-order valence-electron chi connectivity index (χ3n) is 6.30. The van der Waals surface area contributed by atoms with Gasteiger partial charge in [-0.25, -0.2) is 4.98 Å². The molecule has 0 amide bonds. The smallest absolute Gasteiger partial charge is 0.212 e.